The van der Waals surface area contributed by atoms with Gasteiger partial charge in [-0.1, -0.05) is 0 Å². The second-order valence-electron chi connectivity index (χ2n) is 3.53. The first kappa shape index (κ1) is 7.73. The second-order valence-corrected chi connectivity index (χ2v) is 3.53. The Labute approximate surface area is 71.1 Å². The molecule has 0 aliphatic carbocycles. The van der Waals surface area contributed by atoms with E-state index in [9.17, 15) is 9.59 Å². The summed E-state index contributed by atoms with van der Waals surface area (Å²) in [5.41, 5.74) is 0. The molecule has 2 unspecified atom stereocenters. The van der Waals surface area contributed by atoms with Gasteiger partial charge in [0.05, 0.1) is 6.54 Å². The Bertz CT molecular complexity index is 229. The van der Waals surface area contributed by atoms with Crippen molar-refractivity contribution in [3.63, 3.8) is 0 Å². The van der Waals surface area contributed by atoms with Crippen LogP contribution in [0.15, 0.2) is 0 Å². The largest absolute Gasteiger partial charge is 0.333 e. The molecule has 0 spiro atoms. The Balaban J connectivity index is 2.22. The van der Waals surface area contributed by atoms with E-state index in [1.807, 2.05) is 11.9 Å². The number of carbonyl (C=O) groups is 2. The van der Waals surface area contributed by atoms with Crippen molar-refractivity contribution in [2.75, 3.05) is 20.1 Å². The van der Waals surface area contributed by atoms with Gasteiger partial charge in [-0.15, -0.1) is 0 Å². The number of rotatable bonds is 1. The normalized spacial score (nSPS) is 35.8. The highest BCUT2D eigenvalue weighted by atomic mass is 16.2. The summed E-state index contributed by atoms with van der Waals surface area (Å²) in [4.78, 5) is 25.6. The van der Waals surface area contributed by atoms with Crippen LogP contribution in [0.2, 0.25) is 0 Å². The highest BCUT2D eigenvalue weighted by Gasteiger charge is 2.45. The van der Waals surface area contributed by atoms with Crippen LogP contribution >= 0.6 is 0 Å². The molecule has 0 radical (unpaired) electrons. The Kier molecular flexibility index (Phi) is 1.65. The summed E-state index contributed by atoms with van der Waals surface area (Å²) >= 11 is 0. The van der Waals surface area contributed by atoms with Crippen LogP contribution in [-0.2, 0) is 9.59 Å². The van der Waals surface area contributed by atoms with Crippen molar-refractivity contribution in [2.24, 2.45) is 0 Å². The standard InChI is InChI=1S/C8H12N2O2/c1-9-4-7(12)8-6(9)2-3-10(8)5-11/h5-6,8H,2-4H2,1H3. The lowest BCUT2D eigenvalue weighted by molar-refractivity contribution is -0.127. The van der Waals surface area contributed by atoms with Crippen molar-refractivity contribution < 1.29 is 9.59 Å². The Morgan fingerprint density at radius 1 is 1.58 bits per heavy atom. The molecular formula is C8H12N2O2. The summed E-state index contributed by atoms with van der Waals surface area (Å²) < 4.78 is 0. The zero-order valence-corrected chi connectivity index (χ0v) is 7.06. The van der Waals surface area contributed by atoms with E-state index >= 15 is 0 Å². The van der Waals surface area contributed by atoms with Gasteiger partial charge in [-0.25, -0.2) is 0 Å². The molecule has 0 bridgehead atoms. The molecule has 1 amide bonds. The molecule has 4 heteroatoms. The van der Waals surface area contributed by atoms with Crippen LogP contribution in [0, 0.1) is 0 Å². The minimum absolute atomic E-state index is 0.146. The van der Waals surface area contributed by atoms with E-state index in [1.54, 1.807) is 4.90 Å². The number of likely N-dealkylation sites (tertiary alicyclic amines) is 2. The zero-order chi connectivity index (χ0) is 8.72. The van der Waals surface area contributed by atoms with Crippen molar-refractivity contribution in [2.45, 2.75) is 18.5 Å². The molecule has 4 nitrogen and oxygen atoms in total. The third-order valence-corrected chi connectivity index (χ3v) is 2.84. The lowest BCUT2D eigenvalue weighted by atomic mass is 10.1. The molecule has 0 saturated carbocycles. The van der Waals surface area contributed by atoms with Gasteiger partial charge in [0.2, 0.25) is 6.41 Å². The summed E-state index contributed by atoms with van der Waals surface area (Å²) in [7, 11) is 1.94. The molecule has 12 heavy (non-hydrogen) atoms. The lowest BCUT2D eigenvalue weighted by Gasteiger charge is -2.17. The van der Waals surface area contributed by atoms with E-state index in [2.05, 4.69) is 0 Å². The maximum absolute atomic E-state index is 11.4. The van der Waals surface area contributed by atoms with Gasteiger partial charge < -0.3 is 4.90 Å². The van der Waals surface area contributed by atoms with E-state index < -0.39 is 0 Å². The predicted molar refractivity (Wildman–Crippen MR) is 42.6 cm³/mol. The van der Waals surface area contributed by atoms with Crippen LogP contribution < -0.4 is 0 Å². The number of Topliss-reactive ketones (excluding diaryl/α,β-unsaturated/α-hetero) is 1. The third-order valence-electron chi connectivity index (χ3n) is 2.84. The molecule has 2 rings (SSSR count). The van der Waals surface area contributed by atoms with Crippen molar-refractivity contribution in [3.8, 4) is 0 Å². The number of carbonyl (C=O) groups excluding carboxylic acids is 2. The van der Waals surface area contributed by atoms with Crippen molar-refractivity contribution in [3.05, 3.63) is 0 Å². The number of nitrogens with zero attached hydrogens (tertiary/aromatic N) is 2. The maximum Gasteiger partial charge on any atom is 0.210 e. The molecule has 0 N–H and O–H groups in total. The van der Waals surface area contributed by atoms with Crippen LogP contribution in [0.3, 0.4) is 0 Å². The predicted octanol–water partition coefficient (Wildman–Crippen LogP) is -0.900. The SMILES string of the molecule is CN1CC(=O)C2C1CCN2C=O. The van der Waals surface area contributed by atoms with Crippen LogP contribution in [0.25, 0.3) is 0 Å². The van der Waals surface area contributed by atoms with E-state index in [-0.39, 0.29) is 17.9 Å². The van der Waals surface area contributed by atoms with Crippen molar-refractivity contribution >= 4 is 12.2 Å². The van der Waals surface area contributed by atoms with Crippen LogP contribution in [0.4, 0.5) is 0 Å². The first-order valence-corrected chi connectivity index (χ1v) is 4.18. The number of hydrogen-bond donors (Lipinski definition) is 0. The van der Waals surface area contributed by atoms with Crippen molar-refractivity contribution in [1.82, 2.24) is 9.80 Å². The number of likely N-dealkylation sites (N-methyl/N-ethyl adjacent to an activating group) is 1. The fourth-order valence-corrected chi connectivity index (χ4v) is 2.24. The monoisotopic (exact) mass is 168 g/mol. The fraction of sp³-hybridized carbons (Fsp3) is 0.750. The average molecular weight is 168 g/mol. The summed E-state index contributed by atoms with van der Waals surface area (Å²) in [6.07, 6.45) is 1.73. The number of hydrogen-bond acceptors (Lipinski definition) is 3. The number of ketones is 1. The quantitative estimate of drug-likeness (QED) is 0.476. The topological polar surface area (TPSA) is 40.6 Å². The minimum Gasteiger partial charge on any atom is -0.333 e. The smallest absolute Gasteiger partial charge is 0.210 e. The Hall–Kier alpha value is -0.900. The molecule has 0 aromatic carbocycles. The third kappa shape index (κ3) is 0.876. The maximum atomic E-state index is 11.4. The molecule has 66 valence electrons. The zero-order valence-electron chi connectivity index (χ0n) is 7.06. The molecule has 2 heterocycles. The van der Waals surface area contributed by atoms with Gasteiger partial charge in [-0.05, 0) is 13.5 Å². The molecule has 2 aliphatic heterocycles. The highest BCUT2D eigenvalue weighted by Crippen LogP contribution is 2.26. The van der Waals surface area contributed by atoms with Gasteiger partial charge in [-0.2, -0.15) is 0 Å². The molecule has 2 saturated heterocycles. The molecule has 0 aromatic rings. The van der Waals surface area contributed by atoms with E-state index in [0.717, 1.165) is 19.4 Å². The van der Waals surface area contributed by atoms with Gasteiger partial charge >= 0.3 is 0 Å². The first-order chi connectivity index (χ1) is 5.74. The van der Waals surface area contributed by atoms with Gasteiger partial charge in [0.1, 0.15) is 6.04 Å². The van der Waals surface area contributed by atoms with E-state index in [1.165, 1.54) is 0 Å². The summed E-state index contributed by atoms with van der Waals surface area (Å²) in [6.45, 7) is 1.23. The van der Waals surface area contributed by atoms with Gasteiger partial charge in [0, 0.05) is 12.6 Å². The molecule has 2 atom stereocenters. The van der Waals surface area contributed by atoms with Crippen LogP contribution in [0.1, 0.15) is 6.42 Å². The fourth-order valence-electron chi connectivity index (χ4n) is 2.24. The van der Waals surface area contributed by atoms with E-state index in [0.29, 0.717) is 6.54 Å². The summed E-state index contributed by atoms with van der Waals surface area (Å²) in [5, 5.41) is 0. The van der Waals surface area contributed by atoms with Gasteiger partial charge in [0.15, 0.2) is 5.78 Å². The Morgan fingerprint density at radius 3 is 3.00 bits per heavy atom. The van der Waals surface area contributed by atoms with Gasteiger partial charge in [0.25, 0.3) is 0 Å². The van der Waals surface area contributed by atoms with Crippen LogP contribution in [0.5, 0.6) is 0 Å². The van der Waals surface area contributed by atoms with Crippen molar-refractivity contribution in [1.29, 1.82) is 0 Å². The lowest BCUT2D eigenvalue weighted by Crippen LogP contribution is -2.37. The number of amides is 1. The minimum atomic E-state index is -0.146. The second kappa shape index (κ2) is 2.55. The average Bonchev–Trinajstić information content (AvgIpc) is 2.55. The van der Waals surface area contributed by atoms with Crippen LogP contribution in [-0.4, -0.2) is 54.2 Å². The molecule has 0 aromatic heterocycles. The molecule has 2 aliphatic rings. The first-order valence-electron chi connectivity index (χ1n) is 4.18. The summed E-state index contributed by atoms with van der Waals surface area (Å²) in [6, 6.07) is 0.134. The molecular weight excluding hydrogens is 156 g/mol. The number of fused-ring (bicyclic) bond motifs is 1. The summed E-state index contributed by atoms with van der Waals surface area (Å²) in [5.74, 6) is 0.187. The van der Waals surface area contributed by atoms with Gasteiger partial charge in [-0.3, -0.25) is 14.5 Å². The highest BCUT2D eigenvalue weighted by molar-refractivity contribution is 5.91. The van der Waals surface area contributed by atoms with E-state index in [4.69, 9.17) is 0 Å². The molecule has 2 fully saturated rings. The Morgan fingerprint density at radius 2 is 2.33 bits per heavy atom.